The molecule has 0 radical (unpaired) electrons. The van der Waals surface area contributed by atoms with Gasteiger partial charge >= 0.3 is 0 Å². The third-order valence-electron chi connectivity index (χ3n) is 5.10. The predicted molar refractivity (Wildman–Crippen MR) is 122 cm³/mol. The van der Waals surface area contributed by atoms with E-state index in [-0.39, 0.29) is 11.7 Å². The van der Waals surface area contributed by atoms with Crippen LogP contribution in [0.2, 0.25) is 0 Å². The van der Waals surface area contributed by atoms with Gasteiger partial charge in [-0.05, 0) is 42.0 Å². The van der Waals surface area contributed by atoms with Crippen molar-refractivity contribution < 1.29 is 18.3 Å². The zero-order valence-corrected chi connectivity index (χ0v) is 17.9. The monoisotopic (exact) mass is 447 g/mol. The maximum absolute atomic E-state index is 13.7. The molecule has 160 valence electrons. The van der Waals surface area contributed by atoms with Crippen molar-refractivity contribution >= 4 is 33.5 Å². The first-order valence-corrected chi connectivity index (χ1v) is 10.7. The molecule has 32 heavy (non-hydrogen) atoms. The number of carbonyl (C=O) groups excluding carboxylic acids is 1. The molecule has 0 fully saturated rings. The number of ether oxygens (including phenoxy) is 1. The molecule has 5 aromatic rings. The lowest BCUT2D eigenvalue weighted by atomic mass is 10.2. The van der Waals surface area contributed by atoms with Crippen LogP contribution >= 0.6 is 11.3 Å². The van der Waals surface area contributed by atoms with Crippen molar-refractivity contribution in [3.8, 4) is 17.0 Å². The first-order valence-electron chi connectivity index (χ1n) is 9.83. The molecule has 0 spiro atoms. The van der Waals surface area contributed by atoms with Crippen LogP contribution in [0.4, 0.5) is 9.52 Å². The summed E-state index contributed by atoms with van der Waals surface area (Å²) < 4.78 is 26.1. The molecule has 0 atom stereocenters. The van der Waals surface area contributed by atoms with Gasteiger partial charge in [-0.15, -0.1) is 11.3 Å². The molecular formula is C24H18FN3O3S. The molecule has 0 aliphatic carbocycles. The van der Waals surface area contributed by atoms with E-state index in [4.69, 9.17) is 9.15 Å². The lowest BCUT2D eigenvalue weighted by Crippen LogP contribution is -2.17. The van der Waals surface area contributed by atoms with Gasteiger partial charge in [0.2, 0.25) is 0 Å². The molecule has 0 saturated carbocycles. The van der Waals surface area contributed by atoms with Gasteiger partial charge in [-0.2, -0.15) is 0 Å². The molecule has 2 aromatic carbocycles. The third kappa shape index (κ3) is 3.88. The standard InChI is InChI=1S/C24H18FN3O3S/c1-30-18-7-5-16(6-8-18)19-14-32-24(26-19)27-23(29)21-12-22-20(9-10-31-22)28(21)13-15-3-2-4-17(25)11-15/h2-12,14H,13H2,1H3,(H,26,27,29). The van der Waals surface area contributed by atoms with E-state index in [0.717, 1.165) is 28.1 Å². The third-order valence-corrected chi connectivity index (χ3v) is 5.85. The first kappa shape index (κ1) is 20.0. The molecule has 0 aliphatic heterocycles. The van der Waals surface area contributed by atoms with Crippen LogP contribution in [0.25, 0.3) is 22.4 Å². The van der Waals surface area contributed by atoms with E-state index in [0.29, 0.717) is 23.0 Å². The number of furan rings is 1. The fourth-order valence-electron chi connectivity index (χ4n) is 3.54. The molecular weight excluding hydrogens is 429 g/mol. The topological polar surface area (TPSA) is 69.3 Å². The van der Waals surface area contributed by atoms with Crippen molar-refractivity contribution in [3.05, 3.63) is 89.4 Å². The number of fused-ring (bicyclic) bond motifs is 1. The zero-order chi connectivity index (χ0) is 22.1. The minimum absolute atomic E-state index is 0.316. The highest BCUT2D eigenvalue weighted by Gasteiger charge is 2.19. The Balaban J connectivity index is 1.40. The number of aromatic nitrogens is 2. The molecule has 1 amide bonds. The van der Waals surface area contributed by atoms with E-state index in [1.165, 1.54) is 23.5 Å². The van der Waals surface area contributed by atoms with Crippen LogP contribution in [-0.4, -0.2) is 22.6 Å². The second-order valence-corrected chi connectivity index (χ2v) is 7.99. The maximum atomic E-state index is 13.7. The lowest BCUT2D eigenvalue weighted by Gasteiger charge is -2.10. The number of halogens is 1. The number of nitrogens with zero attached hydrogens (tertiary/aromatic N) is 2. The zero-order valence-electron chi connectivity index (χ0n) is 17.0. The number of rotatable bonds is 6. The Labute approximate surface area is 186 Å². The molecule has 0 saturated heterocycles. The van der Waals surface area contributed by atoms with Gasteiger partial charge in [-0.1, -0.05) is 12.1 Å². The SMILES string of the molecule is COc1ccc(-c2csc(NC(=O)c3cc4occc4n3Cc3cccc(F)c3)n2)cc1. The van der Waals surface area contributed by atoms with Gasteiger partial charge in [0.15, 0.2) is 10.7 Å². The molecule has 3 heterocycles. The number of hydrogen-bond donors (Lipinski definition) is 1. The molecule has 5 rings (SSSR count). The normalized spacial score (nSPS) is 11.1. The van der Waals surface area contributed by atoms with Crippen LogP contribution in [0.3, 0.4) is 0 Å². The first-order chi connectivity index (χ1) is 15.6. The van der Waals surface area contributed by atoms with Crippen LogP contribution in [0.1, 0.15) is 16.1 Å². The Bertz CT molecular complexity index is 1400. The summed E-state index contributed by atoms with van der Waals surface area (Å²) >= 11 is 1.34. The number of anilines is 1. The van der Waals surface area contributed by atoms with Gasteiger partial charge < -0.3 is 13.7 Å². The Morgan fingerprint density at radius 3 is 2.81 bits per heavy atom. The van der Waals surface area contributed by atoms with Crippen LogP contribution in [0.15, 0.2) is 76.7 Å². The van der Waals surface area contributed by atoms with Crippen LogP contribution in [-0.2, 0) is 6.54 Å². The molecule has 0 aliphatic rings. The van der Waals surface area contributed by atoms with E-state index < -0.39 is 0 Å². The smallest absolute Gasteiger partial charge is 0.274 e. The predicted octanol–water partition coefficient (Wildman–Crippen LogP) is 5.81. The summed E-state index contributed by atoms with van der Waals surface area (Å²) in [6, 6.07) is 17.3. The number of thiazole rings is 1. The van der Waals surface area contributed by atoms with Crippen molar-refractivity contribution in [1.29, 1.82) is 0 Å². The fourth-order valence-corrected chi connectivity index (χ4v) is 4.25. The largest absolute Gasteiger partial charge is 0.497 e. The van der Waals surface area contributed by atoms with Crippen LogP contribution < -0.4 is 10.1 Å². The Hall–Kier alpha value is -3.91. The highest BCUT2D eigenvalue weighted by molar-refractivity contribution is 7.14. The van der Waals surface area contributed by atoms with Crippen LogP contribution in [0, 0.1) is 5.82 Å². The van der Waals surface area contributed by atoms with Crippen molar-refractivity contribution in [2.45, 2.75) is 6.54 Å². The van der Waals surface area contributed by atoms with E-state index in [1.54, 1.807) is 36.1 Å². The van der Waals surface area contributed by atoms with Gasteiger partial charge in [-0.25, -0.2) is 9.37 Å². The quantitative estimate of drug-likeness (QED) is 0.357. The molecule has 1 N–H and O–H groups in total. The second-order valence-electron chi connectivity index (χ2n) is 7.14. The highest BCUT2D eigenvalue weighted by Crippen LogP contribution is 2.28. The Kier molecular flexibility index (Phi) is 5.20. The summed E-state index contributed by atoms with van der Waals surface area (Å²) in [5.74, 6) is 0.127. The number of nitrogens with one attached hydrogen (secondary N) is 1. The minimum Gasteiger partial charge on any atom is -0.497 e. The lowest BCUT2D eigenvalue weighted by molar-refractivity contribution is 0.101. The summed E-state index contributed by atoms with van der Waals surface area (Å²) in [6.45, 7) is 0.332. The summed E-state index contributed by atoms with van der Waals surface area (Å²) in [7, 11) is 1.62. The van der Waals surface area contributed by atoms with Crippen LogP contribution in [0.5, 0.6) is 5.75 Å². The minimum atomic E-state index is -0.321. The summed E-state index contributed by atoms with van der Waals surface area (Å²) in [5.41, 5.74) is 4.19. The number of methoxy groups -OCH3 is 1. The average Bonchev–Trinajstić information content (AvgIpc) is 3.52. The van der Waals surface area contributed by atoms with E-state index in [2.05, 4.69) is 10.3 Å². The Morgan fingerprint density at radius 1 is 1.19 bits per heavy atom. The van der Waals surface area contributed by atoms with Gasteiger partial charge in [-0.3, -0.25) is 10.1 Å². The van der Waals surface area contributed by atoms with Crippen molar-refractivity contribution in [2.24, 2.45) is 0 Å². The van der Waals surface area contributed by atoms with E-state index >= 15 is 0 Å². The highest BCUT2D eigenvalue weighted by atomic mass is 32.1. The number of amides is 1. The summed E-state index contributed by atoms with van der Waals surface area (Å²) in [4.78, 5) is 17.6. The number of carbonyl (C=O) groups is 1. The fraction of sp³-hybridized carbons (Fsp3) is 0.0833. The molecule has 3 aromatic heterocycles. The summed E-state index contributed by atoms with van der Waals surface area (Å²) in [5, 5.41) is 5.23. The second kappa shape index (κ2) is 8.32. The van der Waals surface area contributed by atoms with E-state index in [1.807, 2.05) is 35.7 Å². The number of hydrogen-bond acceptors (Lipinski definition) is 5. The van der Waals surface area contributed by atoms with Crippen molar-refractivity contribution in [3.63, 3.8) is 0 Å². The molecule has 6 nitrogen and oxygen atoms in total. The van der Waals surface area contributed by atoms with E-state index in [9.17, 15) is 9.18 Å². The van der Waals surface area contributed by atoms with Gasteiger partial charge in [0.05, 0.1) is 24.6 Å². The Morgan fingerprint density at radius 2 is 2.03 bits per heavy atom. The number of benzene rings is 2. The molecule has 0 bridgehead atoms. The van der Waals surface area contributed by atoms with Crippen molar-refractivity contribution in [2.75, 3.05) is 12.4 Å². The maximum Gasteiger partial charge on any atom is 0.274 e. The van der Waals surface area contributed by atoms with Crippen molar-refractivity contribution in [1.82, 2.24) is 9.55 Å². The van der Waals surface area contributed by atoms with Gasteiger partial charge in [0, 0.05) is 29.6 Å². The average molecular weight is 447 g/mol. The molecule has 8 heteroatoms. The molecule has 0 unspecified atom stereocenters. The summed E-state index contributed by atoms with van der Waals surface area (Å²) in [6.07, 6.45) is 1.57. The van der Waals surface area contributed by atoms with Gasteiger partial charge in [0.25, 0.3) is 5.91 Å². The van der Waals surface area contributed by atoms with Gasteiger partial charge in [0.1, 0.15) is 17.3 Å².